The first kappa shape index (κ1) is 15.1. The van der Waals surface area contributed by atoms with Crippen LogP contribution in [-0.2, 0) is 16.8 Å². The number of rotatable bonds is 2. The molecule has 0 unspecified atom stereocenters. The number of anilines is 1. The van der Waals surface area contributed by atoms with Crippen LogP contribution >= 0.6 is 0 Å². The van der Waals surface area contributed by atoms with Crippen LogP contribution in [-0.4, -0.2) is 40.7 Å². The van der Waals surface area contributed by atoms with Gasteiger partial charge in [0, 0.05) is 13.1 Å². The smallest absolute Gasteiger partial charge is 0.356 e. The molecule has 6 nitrogen and oxygen atoms in total. The van der Waals surface area contributed by atoms with Crippen molar-refractivity contribution in [3.05, 3.63) is 53.5 Å². The summed E-state index contributed by atoms with van der Waals surface area (Å²) in [4.78, 5) is 21.2. The van der Waals surface area contributed by atoms with Crippen LogP contribution in [0.2, 0.25) is 0 Å². The Balaban J connectivity index is 1.52. The van der Waals surface area contributed by atoms with Gasteiger partial charge in [0.15, 0.2) is 5.69 Å². The monoisotopic (exact) mass is 325 g/mol. The molecule has 1 N–H and O–H groups in total. The number of hydrogen-bond donors (Lipinski definition) is 1. The van der Waals surface area contributed by atoms with E-state index in [9.17, 15) is 4.79 Å². The molecule has 0 aliphatic carbocycles. The molecule has 2 aliphatic heterocycles. The maximum absolute atomic E-state index is 10.9. The Bertz CT molecular complexity index is 752. The average molecular weight is 325 g/mol. The van der Waals surface area contributed by atoms with E-state index in [0.29, 0.717) is 0 Å². The zero-order valence-electron chi connectivity index (χ0n) is 13.3. The molecule has 0 radical (unpaired) electrons. The first-order valence-corrected chi connectivity index (χ1v) is 8.21. The number of aromatic nitrogens is 2. The van der Waals surface area contributed by atoms with E-state index in [1.54, 1.807) is 0 Å². The number of nitrogens with zero attached hydrogens (tertiary/aromatic N) is 3. The quantitative estimate of drug-likeness (QED) is 0.913. The van der Waals surface area contributed by atoms with Crippen LogP contribution in [0.1, 0.15) is 34.5 Å². The maximum atomic E-state index is 10.9. The van der Waals surface area contributed by atoms with Crippen molar-refractivity contribution in [1.82, 2.24) is 9.97 Å². The molecule has 4 rings (SSSR count). The standard InChI is InChI=1S/C18H19N3O3/c22-17(23)15-11-20-16(12-19-15)21-8-6-18(7-9-21)14-4-2-1-3-13(14)5-10-24-18/h1-4,11-12H,5-10H2,(H,22,23). The second-order valence-electron chi connectivity index (χ2n) is 6.30. The second kappa shape index (κ2) is 5.87. The van der Waals surface area contributed by atoms with Crippen LogP contribution < -0.4 is 4.90 Å². The summed E-state index contributed by atoms with van der Waals surface area (Å²) in [5.74, 6) is -0.335. The van der Waals surface area contributed by atoms with E-state index in [1.165, 1.54) is 23.5 Å². The van der Waals surface area contributed by atoms with Gasteiger partial charge in [-0.1, -0.05) is 24.3 Å². The van der Waals surface area contributed by atoms with Gasteiger partial charge in [0.2, 0.25) is 0 Å². The summed E-state index contributed by atoms with van der Waals surface area (Å²) in [7, 11) is 0. The second-order valence-corrected chi connectivity index (χ2v) is 6.30. The highest BCUT2D eigenvalue weighted by Crippen LogP contribution is 2.41. The molecule has 1 saturated heterocycles. The maximum Gasteiger partial charge on any atom is 0.356 e. The van der Waals surface area contributed by atoms with Crippen LogP contribution in [0.15, 0.2) is 36.7 Å². The fraction of sp³-hybridized carbons (Fsp3) is 0.389. The molecule has 0 saturated carbocycles. The molecule has 24 heavy (non-hydrogen) atoms. The fourth-order valence-corrected chi connectivity index (χ4v) is 3.72. The summed E-state index contributed by atoms with van der Waals surface area (Å²) in [5, 5.41) is 8.91. The van der Waals surface area contributed by atoms with E-state index in [0.717, 1.165) is 44.8 Å². The summed E-state index contributed by atoms with van der Waals surface area (Å²) in [5.41, 5.74) is 2.49. The molecule has 1 aromatic heterocycles. The van der Waals surface area contributed by atoms with Gasteiger partial charge in [-0.2, -0.15) is 0 Å². The number of piperidine rings is 1. The predicted molar refractivity (Wildman–Crippen MR) is 88.2 cm³/mol. The summed E-state index contributed by atoms with van der Waals surface area (Å²) in [6.45, 7) is 2.40. The number of aromatic carboxylic acids is 1. The molecule has 6 heteroatoms. The van der Waals surface area contributed by atoms with E-state index in [4.69, 9.17) is 9.84 Å². The predicted octanol–water partition coefficient (Wildman–Crippen LogP) is 2.24. The van der Waals surface area contributed by atoms with Crippen molar-refractivity contribution in [3.8, 4) is 0 Å². The van der Waals surface area contributed by atoms with Gasteiger partial charge in [0.25, 0.3) is 0 Å². The SMILES string of the molecule is O=C(O)c1cnc(N2CCC3(CC2)OCCc2ccccc23)cn1. The Morgan fingerprint density at radius 3 is 2.67 bits per heavy atom. The lowest BCUT2D eigenvalue weighted by Gasteiger charge is -2.45. The molecule has 0 amide bonds. The van der Waals surface area contributed by atoms with Crippen molar-refractivity contribution >= 4 is 11.8 Å². The minimum absolute atomic E-state index is 0.0308. The fourth-order valence-electron chi connectivity index (χ4n) is 3.72. The van der Waals surface area contributed by atoms with Gasteiger partial charge < -0.3 is 14.7 Å². The molecule has 1 fully saturated rings. The lowest BCUT2D eigenvalue weighted by molar-refractivity contribution is -0.0767. The molecule has 3 heterocycles. The van der Waals surface area contributed by atoms with Crippen LogP contribution in [0, 0.1) is 0 Å². The van der Waals surface area contributed by atoms with Gasteiger partial charge in [0.05, 0.1) is 24.6 Å². The zero-order valence-corrected chi connectivity index (χ0v) is 13.3. The van der Waals surface area contributed by atoms with Gasteiger partial charge in [-0.25, -0.2) is 14.8 Å². The highest BCUT2D eigenvalue weighted by atomic mass is 16.5. The summed E-state index contributed by atoms with van der Waals surface area (Å²) >= 11 is 0. The van der Waals surface area contributed by atoms with Crippen LogP contribution in [0.4, 0.5) is 5.82 Å². The van der Waals surface area contributed by atoms with Gasteiger partial charge >= 0.3 is 5.97 Å². The molecule has 2 aliphatic rings. The third-order valence-electron chi connectivity index (χ3n) is 5.01. The Labute approximate surface area is 140 Å². The average Bonchev–Trinajstić information content (AvgIpc) is 2.63. The highest BCUT2D eigenvalue weighted by Gasteiger charge is 2.40. The first-order chi connectivity index (χ1) is 11.7. The molecule has 124 valence electrons. The Hall–Kier alpha value is -2.47. The number of fused-ring (bicyclic) bond motifs is 2. The molecule has 1 spiro atoms. The van der Waals surface area contributed by atoms with Gasteiger partial charge in [0.1, 0.15) is 5.82 Å². The summed E-state index contributed by atoms with van der Waals surface area (Å²) in [6.07, 6.45) is 5.62. The molecule has 2 aromatic rings. The van der Waals surface area contributed by atoms with Gasteiger partial charge in [-0.15, -0.1) is 0 Å². The number of carbonyl (C=O) groups is 1. The van der Waals surface area contributed by atoms with E-state index < -0.39 is 5.97 Å². The van der Waals surface area contributed by atoms with Crippen molar-refractivity contribution < 1.29 is 14.6 Å². The van der Waals surface area contributed by atoms with Crippen molar-refractivity contribution in [2.75, 3.05) is 24.6 Å². The van der Waals surface area contributed by atoms with Crippen molar-refractivity contribution in [1.29, 1.82) is 0 Å². The third kappa shape index (κ3) is 2.53. The largest absolute Gasteiger partial charge is 0.476 e. The lowest BCUT2D eigenvalue weighted by atomic mass is 9.79. The number of carboxylic acids is 1. The number of benzene rings is 1. The van der Waals surface area contributed by atoms with E-state index >= 15 is 0 Å². The third-order valence-corrected chi connectivity index (χ3v) is 5.01. The summed E-state index contributed by atoms with van der Waals surface area (Å²) < 4.78 is 6.23. The topological polar surface area (TPSA) is 75.5 Å². The van der Waals surface area contributed by atoms with Crippen molar-refractivity contribution in [3.63, 3.8) is 0 Å². The first-order valence-electron chi connectivity index (χ1n) is 8.21. The van der Waals surface area contributed by atoms with Gasteiger partial charge in [-0.3, -0.25) is 0 Å². The summed E-state index contributed by atoms with van der Waals surface area (Å²) in [6, 6.07) is 8.55. The Morgan fingerprint density at radius 1 is 1.17 bits per heavy atom. The van der Waals surface area contributed by atoms with Crippen LogP contribution in [0.3, 0.4) is 0 Å². The van der Waals surface area contributed by atoms with Crippen molar-refractivity contribution in [2.24, 2.45) is 0 Å². The number of ether oxygens (including phenoxy) is 1. The van der Waals surface area contributed by atoms with E-state index in [1.807, 2.05) is 0 Å². The van der Waals surface area contributed by atoms with Crippen LogP contribution in [0.5, 0.6) is 0 Å². The lowest BCUT2D eigenvalue weighted by Crippen LogP contribution is -2.46. The minimum Gasteiger partial charge on any atom is -0.476 e. The van der Waals surface area contributed by atoms with E-state index in [2.05, 4.69) is 39.1 Å². The van der Waals surface area contributed by atoms with Crippen molar-refractivity contribution in [2.45, 2.75) is 24.9 Å². The Morgan fingerprint density at radius 2 is 1.96 bits per heavy atom. The molecule has 1 aromatic carbocycles. The van der Waals surface area contributed by atoms with Gasteiger partial charge in [-0.05, 0) is 30.4 Å². The zero-order chi connectivity index (χ0) is 16.6. The molecule has 0 atom stereocenters. The minimum atomic E-state index is -1.06. The number of carboxylic acid groups (broad SMARTS) is 1. The van der Waals surface area contributed by atoms with Crippen LogP contribution in [0.25, 0.3) is 0 Å². The highest BCUT2D eigenvalue weighted by molar-refractivity contribution is 5.84. The molecular formula is C18H19N3O3. The molecular weight excluding hydrogens is 306 g/mol. The Kier molecular flexibility index (Phi) is 3.69. The molecule has 0 bridgehead atoms. The normalized spacial score (nSPS) is 19.1. The number of hydrogen-bond acceptors (Lipinski definition) is 5. The van der Waals surface area contributed by atoms with E-state index in [-0.39, 0.29) is 11.3 Å².